The Hall–Kier alpha value is -2.56. The molecule has 0 aliphatic rings. The number of methoxy groups -OCH3 is 2. The van der Waals surface area contributed by atoms with E-state index in [0.717, 1.165) is 22.4 Å². The van der Waals surface area contributed by atoms with Crippen LogP contribution < -0.4 is 9.47 Å². The van der Waals surface area contributed by atoms with Gasteiger partial charge >= 0.3 is 0 Å². The molecule has 5 nitrogen and oxygen atoms in total. The van der Waals surface area contributed by atoms with Crippen LogP contribution in [-0.2, 0) is 0 Å². The van der Waals surface area contributed by atoms with Gasteiger partial charge in [0.15, 0.2) is 5.82 Å². The fraction of sp³-hybridized carbons (Fsp3) is 0.143. The van der Waals surface area contributed by atoms with Gasteiger partial charge in [-0.05, 0) is 18.2 Å². The zero-order chi connectivity index (χ0) is 13.2. The first-order valence-electron chi connectivity index (χ1n) is 5.84. The predicted octanol–water partition coefficient (Wildman–Crippen LogP) is 2.44. The zero-order valence-corrected chi connectivity index (χ0v) is 10.7. The Morgan fingerprint density at radius 2 is 2.00 bits per heavy atom. The normalized spacial score (nSPS) is 10.6. The van der Waals surface area contributed by atoms with Gasteiger partial charge in [-0.2, -0.15) is 5.10 Å². The third-order valence-electron chi connectivity index (χ3n) is 2.92. The van der Waals surface area contributed by atoms with E-state index < -0.39 is 0 Å². The summed E-state index contributed by atoms with van der Waals surface area (Å²) in [5, 5.41) is 5.12. The van der Waals surface area contributed by atoms with E-state index >= 15 is 0 Å². The first kappa shape index (κ1) is 11.5. The van der Waals surface area contributed by atoms with Gasteiger partial charge in [0, 0.05) is 29.9 Å². The standard InChI is InChI=1S/C14H13N3O2/c1-18-10-4-5-11-12(8-10)16-14(9-13(11)19-2)17-7-3-6-15-17/h3-9H,1-2H3. The largest absolute Gasteiger partial charge is 0.497 e. The van der Waals surface area contributed by atoms with Gasteiger partial charge in [-0.3, -0.25) is 0 Å². The van der Waals surface area contributed by atoms with Crippen molar-refractivity contribution in [3.63, 3.8) is 0 Å². The highest BCUT2D eigenvalue weighted by atomic mass is 16.5. The topological polar surface area (TPSA) is 49.2 Å². The Kier molecular flexibility index (Phi) is 2.79. The number of hydrogen-bond acceptors (Lipinski definition) is 4. The molecule has 0 radical (unpaired) electrons. The number of aromatic nitrogens is 3. The molecule has 0 aliphatic carbocycles. The Morgan fingerprint density at radius 3 is 2.68 bits per heavy atom. The van der Waals surface area contributed by atoms with Crippen LogP contribution in [0.1, 0.15) is 0 Å². The average molecular weight is 255 g/mol. The van der Waals surface area contributed by atoms with Crippen molar-refractivity contribution in [3.05, 3.63) is 42.7 Å². The summed E-state index contributed by atoms with van der Waals surface area (Å²) in [5.74, 6) is 2.24. The molecular formula is C14H13N3O2. The Bertz CT molecular complexity index is 708. The fourth-order valence-corrected chi connectivity index (χ4v) is 1.98. The minimum atomic E-state index is 0.711. The van der Waals surface area contributed by atoms with Crippen molar-refractivity contribution in [2.75, 3.05) is 14.2 Å². The van der Waals surface area contributed by atoms with Gasteiger partial charge in [-0.15, -0.1) is 0 Å². The molecule has 96 valence electrons. The molecule has 0 saturated heterocycles. The van der Waals surface area contributed by atoms with Crippen molar-refractivity contribution in [2.45, 2.75) is 0 Å². The summed E-state index contributed by atoms with van der Waals surface area (Å²) >= 11 is 0. The van der Waals surface area contributed by atoms with Crippen LogP contribution in [0.25, 0.3) is 16.7 Å². The first-order valence-corrected chi connectivity index (χ1v) is 5.84. The van der Waals surface area contributed by atoms with Gasteiger partial charge in [0.25, 0.3) is 0 Å². The minimum Gasteiger partial charge on any atom is -0.497 e. The van der Waals surface area contributed by atoms with Gasteiger partial charge in [0.2, 0.25) is 0 Å². The monoisotopic (exact) mass is 255 g/mol. The quantitative estimate of drug-likeness (QED) is 0.721. The third-order valence-corrected chi connectivity index (χ3v) is 2.92. The smallest absolute Gasteiger partial charge is 0.157 e. The second-order valence-corrected chi connectivity index (χ2v) is 4.02. The molecule has 0 saturated carbocycles. The van der Waals surface area contributed by atoms with Gasteiger partial charge in [0.1, 0.15) is 11.5 Å². The summed E-state index contributed by atoms with van der Waals surface area (Å²) in [6.07, 6.45) is 3.55. The number of pyridine rings is 1. The molecule has 0 spiro atoms. The van der Waals surface area contributed by atoms with E-state index in [9.17, 15) is 0 Å². The molecule has 0 bridgehead atoms. The molecule has 0 aliphatic heterocycles. The maximum absolute atomic E-state index is 5.42. The van der Waals surface area contributed by atoms with Crippen LogP contribution in [0.5, 0.6) is 11.5 Å². The predicted molar refractivity (Wildman–Crippen MR) is 72.0 cm³/mol. The van der Waals surface area contributed by atoms with Gasteiger partial charge in [-0.1, -0.05) is 0 Å². The number of ether oxygens (including phenoxy) is 2. The van der Waals surface area contributed by atoms with E-state index in [1.807, 2.05) is 36.5 Å². The molecule has 1 aromatic carbocycles. The Labute approximate surface area is 110 Å². The molecule has 3 aromatic rings. The lowest BCUT2D eigenvalue weighted by molar-refractivity contribution is 0.414. The van der Waals surface area contributed by atoms with E-state index in [1.165, 1.54) is 0 Å². The highest BCUT2D eigenvalue weighted by Gasteiger charge is 2.08. The molecule has 3 rings (SSSR count). The molecule has 2 heterocycles. The summed E-state index contributed by atoms with van der Waals surface area (Å²) < 4.78 is 12.3. The van der Waals surface area contributed by atoms with E-state index in [0.29, 0.717) is 5.82 Å². The number of fused-ring (bicyclic) bond motifs is 1. The summed E-state index contributed by atoms with van der Waals surface area (Å²) in [7, 11) is 3.28. The van der Waals surface area contributed by atoms with Crippen molar-refractivity contribution < 1.29 is 9.47 Å². The minimum absolute atomic E-state index is 0.711. The van der Waals surface area contributed by atoms with Crippen molar-refractivity contribution >= 4 is 10.9 Å². The van der Waals surface area contributed by atoms with Gasteiger partial charge in [0.05, 0.1) is 19.7 Å². The molecule has 0 fully saturated rings. The summed E-state index contributed by atoms with van der Waals surface area (Å²) in [6.45, 7) is 0. The number of nitrogens with zero attached hydrogens (tertiary/aromatic N) is 3. The van der Waals surface area contributed by atoms with Crippen molar-refractivity contribution in [1.29, 1.82) is 0 Å². The molecule has 0 unspecified atom stereocenters. The van der Waals surface area contributed by atoms with Gasteiger partial charge in [-0.25, -0.2) is 9.67 Å². The molecular weight excluding hydrogens is 242 g/mol. The highest BCUT2D eigenvalue weighted by Crippen LogP contribution is 2.29. The van der Waals surface area contributed by atoms with Crippen LogP contribution in [0.15, 0.2) is 42.7 Å². The van der Waals surface area contributed by atoms with Crippen LogP contribution in [-0.4, -0.2) is 29.0 Å². The van der Waals surface area contributed by atoms with E-state index in [4.69, 9.17) is 9.47 Å². The number of hydrogen-bond donors (Lipinski definition) is 0. The lowest BCUT2D eigenvalue weighted by Crippen LogP contribution is -2.00. The van der Waals surface area contributed by atoms with Crippen LogP contribution in [0.2, 0.25) is 0 Å². The van der Waals surface area contributed by atoms with Crippen molar-refractivity contribution in [1.82, 2.24) is 14.8 Å². The maximum atomic E-state index is 5.42. The van der Waals surface area contributed by atoms with Crippen LogP contribution in [0, 0.1) is 0 Å². The van der Waals surface area contributed by atoms with E-state index in [2.05, 4.69) is 10.1 Å². The second kappa shape index (κ2) is 4.61. The molecule has 0 amide bonds. The second-order valence-electron chi connectivity index (χ2n) is 4.02. The summed E-state index contributed by atoms with van der Waals surface area (Å²) in [5.41, 5.74) is 0.809. The number of rotatable bonds is 3. The lowest BCUT2D eigenvalue weighted by atomic mass is 10.2. The van der Waals surface area contributed by atoms with Crippen molar-refractivity contribution in [2.24, 2.45) is 0 Å². The Morgan fingerprint density at radius 1 is 1.11 bits per heavy atom. The molecule has 0 atom stereocenters. The number of benzene rings is 1. The first-order chi connectivity index (χ1) is 9.31. The highest BCUT2D eigenvalue weighted by molar-refractivity contribution is 5.87. The molecule has 2 aromatic heterocycles. The SMILES string of the molecule is COc1ccc2c(OC)cc(-n3cccn3)nc2c1. The lowest BCUT2D eigenvalue weighted by Gasteiger charge is -2.09. The molecule has 19 heavy (non-hydrogen) atoms. The van der Waals surface area contributed by atoms with Gasteiger partial charge < -0.3 is 9.47 Å². The average Bonchev–Trinajstić information content (AvgIpc) is 2.99. The Balaban J connectivity index is 2.25. The van der Waals surface area contributed by atoms with Crippen LogP contribution in [0.3, 0.4) is 0 Å². The summed E-state index contributed by atoms with van der Waals surface area (Å²) in [4.78, 5) is 4.58. The van der Waals surface area contributed by atoms with Crippen molar-refractivity contribution in [3.8, 4) is 17.3 Å². The summed E-state index contributed by atoms with van der Waals surface area (Å²) in [6, 6.07) is 9.42. The van der Waals surface area contributed by atoms with Crippen LogP contribution >= 0.6 is 0 Å². The molecule has 5 heteroatoms. The zero-order valence-electron chi connectivity index (χ0n) is 10.7. The third kappa shape index (κ3) is 1.99. The van der Waals surface area contributed by atoms with Crippen LogP contribution in [0.4, 0.5) is 0 Å². The molecule has 0 N–H and O–H groups in total. The van der Waals surface area contributed by atoms with E-state index in [1.54, 1.807) is 25.1 Å². The maximum Gasteiger partial charge on any atom is 0.157 e. The fourth-order valence-electron chi connectivity index (χ4n) is 1.98. The van der Waals surface area contributed by atoms with E-state index in [-0.39, 0.29) is 0 Å².